The topological polar surface area (TPSA) is 44.0 Å². The Morgan fingerprint density at radius 1 is 0.857 bits per heavy atom. The Hall–Kier alpha value is -2.88. The number of hydrogen-bond acceptors (Lipinski definition) is 2. The summed E-state index contributed by atoms with van der Waals surface area (Å²) in [5, 5.41) is 0.819. The van der Waals surface area contributed by atoms with Gasteiger partial charge in [0.1, 0.15) is 0 Å². The molecule has 0 amide bonds. The van der Waals surface area contributed by atoms with Crippen LogP contribution >= 0.6 is 0 Å². The van der Waals surface area contributed by atoms with E-state index in [4.69, 9.17) is 0 Å². The minimum absolute atomic E-state index is 0.220. The van der Waals surface area contributed by atoms with E-state index in [1.807, 2.05) is 30.3 Å². The van der Waals surface area contributed by atoms with Crippen LogP contribution in [0, 0.1) is 0 Å². The minimum atomic E-state index is -0.249. The van der Waals surface area contributed by atoms with Crippen molar-refractivity contribution in [3.8, 4) is 0 Å². The highest BCUT2D eigenvalue weighted by molar-refractivity contribution is 5.81. The van der Waals surface area contributed by atoms with Gasteiger partial charge < -0.3 is 0 Å². The quantitative estimate of drug-likeness (QED) is 0.721. The van der Waals surface area contributed by atoms with E-state index >= 15 is 0 Å². The molecule has 0 saturated heterocycles. The second-order valence-electron chi connectivity index (χ2n) is 4.80. The van der Waals surface area contributed by atoms with Crippen molar-refractivity contribution in [1.82, 2.24) is 9.36 Å². The molecule has 1 heterocycles. The molecule has 0 atom stereocenters. The predicted octanol–water partition coefficient (Wildman–Crippen LogP) is 2.22. The smallest absolute Gasteiger partial charge is 0.267 e. The van der Waals surface area contributed by atoms with E-state index in [1.165, 1.54) is 9.36 Å². The normalized spacial score (nSPS) is 10.7. The van der Waals surface area contributed by atoms with Crippen LogP contribution in [0.5, 0.6) is 0 Å². The lowest BCUT2D eigenvalue weighted by Crippen LogP contribution is -2.36. The average Bonchev–Trinajstić information content (AvgIpc) is 2.53. The van der Waals surface area contributed by atoms with Crippen molar-refractivity contribution < 1.29 is 0 Å². The highest BCUT2D eigenvalue weighted by Crippen LogP contribution is 2.13. The lowest BCUT2D eigenvalue weighted by molar-refractivity contribution is 0.616. The standard InChI is InChI=1S/C17H14N2O2/c1-12(13-8-4-3-5-9-13)19-17(21)15-11-7-6-10-14(15)16(20)18(19)2/h3-11H,1H2,2H3. The van der Waals surface area contributed by atoms with Crippen LogP contribution < -0.4 is 11.1 Å². The van der Waals surface area contributed by atoms with Crippen molar-refractivity contribution in [2.24, 2.45) is 7.05 Å². The number of benzene rings is 2. The number of rotatable bonds is 2. The van der Waals surface area contributed by atoms with Gasteiger partial charge >= 0.3 is 0 Å². The summed E-state index contributed by atoms with van der Waals surface area (Å²) in [6.07, 6.45) is 0. The van der Waals surface area contributed by atoms with Gasteiger partial charge in [-0.05, 0) is 17.7 Å². The molecule has 4 heteroatoms. The van der Waals surface area contributed by atoms with Crippen molar-refractivity contribution in [2.75, 3.05) is 0 Å². The van der Waals surface area contributed by atoms with Crippen LogP contribution in [-0.2, 0) is 7.05 Å². The summed E-state index contributed by atoms with van der Waals surface area (Å²) in [5.74, 6) is 0. The molecule has 1 aromatic heterocycles. The van der Waals surface area contributed by atoms with E-state index in [2.05, 4.69) is 6.58 Å². The molecule has 0 aliphatic heterocycles. The Morgan fingerprint density at radius 2 is 1.38 bits per heavy atom. The Kier molecular flexibility index (Phi) is 3.06. The molecule has 3 aromatic rings. The third kappa shape index (κ3) is 2.01. The van der Waals surface area contributed by atoms with Gasteiger partial charge in [-0.1, -0.05) is 49.0 Å². The van der Waals surface area contributed by atoms with Crippen LogP contribution in [0.15, 0.2) is 70.8 Å². The van der Waals surface area contributed by atoms with Crippen LogP contribution in [-0.4, -0.2) is 9.36 Å². The van der Waals surface area contributed by atoms with Gasteiger partial charge in [-0.2, -0.15) is 0 Å². The molecule has 21 heavy (non-hydrogen) atoms. The third-order valence-electron chi connectivity index (χ3n) is 3.54. The maximum Gasteiger partial charge on any atom is 0.278 e. The zero-order valence-electron chi connectivity index (χ0n) is 11.6. The van der Waals surface area contributed by atoms with E-state index in [0.717, 1.165) is 5.56 Å². The Labute approximate surface area is 121 Å². The number of nitrogens with zero attached hydrogens (tertiary/aromatic N) is 2. The molecule has 0 aliphatic carbocycles. The van der Waals surface area contributed by atoms with Crippen LogP contribution in [0.2, 0.25) is 0 Å². The first-order valence-corrected chi connectivity index (χ1v) is 6.57. The zero-order chi connectivity index (χ0) is 15.0. The number of fused-ring (bicyclic) bond motifs is 1. The highest BCUT2D eigenvalue weighted by atomic mass is 16.2. The Balaban J connectivity index is 2.37. The molecule has 104 valence electrons. The maximum atomic E-state index is 12.7. The predicted molar refractivity (Wildman–Crippen MR) is 84.3 cm³/mol. The van der Waals surface area contributed by atoms with E-state index in [0.29, 0.717) is 16.5 Å². The van der Waals surface area contributed by atoms with Gasteiger partial charge in [0.2, 0.25) is 0 Å². The fraction of sp³-hybridized carbons (Fsp3) is 0.0588. The summed E-state index contributed by atoms with van der Waals surface area (Å²) in [7, 11) is 1.57. The summed E-state index contributed by atoms with van der Waals surface area (Å²) >= 11 is 0. The maximum absolute atomic E-state index is 12.7. The molecule has 0 spiro atoms. The largest absolute Gasteiger partial charge is 0.278 e. The molecule has 0 fully saturated rings. The van der Waals surface area contributed by atoms with Crippen molar-refractivity contribution in [1.29, 1.82) is 0 Å². The lowest BCUT2D eigenvalue weighted by Gasteiger charge is -2.15. The fourth-order valence-corrected chi connectivity index (χ4v) is 2.43. The molecule has 0 saturated carbocycles. The molecular weight excluding hydrogens is 264 g/mol. The first-order valence-electron chi connectivity index (χ1n) is 6.57. The first-order chi connectivity index (χ1) is 10.1. The summed E-state index contributed by atoms with van der Waals surface area (Å²) in [6, 6.07) is 16.2. The van der Waals surface area contributed by atoms with Crippen LogP contribution in [0.3, 0.4) is 0 Å². The van der Waals surface area contributed by atoms with Gasteiger partial charge in [0.05, 0.1) is 16.5 Å². The monoisotopic (exact) mass is 278 g/mol. The van der Waals surface area contributed by atoms with Crippen molar-refractivity contribution in [2.45, 2.75) is 0 Å². The molecule has 0 aliphatic rings. The second kappa shape index (κ2) is 4.90. The average molecular weight is 278 g/mol. The molecule has 0 N–H and O–H groups in total. The second-order valence-corrected chi connectivity index (χ2v) is 4.80. The van der Waals surface area contributed by atoms with Crippen molar-refractivity contribution in [3.63, 3.8) is 0 Å². The van der Waals surface area contributed by atoms with E-state index < -0.39 is 0 Å². The van der Waals surface area contributed by atoms with E-state index in [1.54, 1.807) is 31.3 Å². The molecule has 0 bridgehead atoms. The van der Waals surface area contributed by atoms with Gasteiger partial charge in [0.25, 0.3) is 11.1 Å². The lowest BCUT2D eigenvalue weighted by atomic mass is 10.1. The summed E-state index contributed by atoms with van der Waals surface area (Å²) < 4.78 is 2.62. The molecule has 3 rings (SSSR count). The van der Waals surface area contributed by atoms with Crippen LogP contribution in [0.4, 0.5) is 0 Å². The van der Waals surface area contributed by atoms with Crippen LogP contribution in [0.25, 0.3) is 16.5 Å². The van der Waals surface area contributed by atoms with Gasteiger partial charge in [-0.3, -0.25) is 9.59 Å². The Bertz CT molecular complexity index is 950. The summed E-state index contributed by atoms with van der Waals surface area (Å²) in [4.78, 5) is 25.1. The molecular formula is C17H14N2O2. The number of hydrogen-bond donors (Lipinski definition) is 0. The fourth-order valence-electron chi connectivity index (χ4n) is 2.43. The van der Waals surface area contributed by atoms with E-state index in [-0.39, 0.29) is 11.1 Å². The molecule has 2 aromatic carbocycles. The third-order valence-corrected chi connectivity index (χ3v) is 3.54. The number of aromatic nitrogens is 2. The summed E-state index contributed by atoms with van der Waals surface area (Å²) in [5.41, 5.74) is 0.805. The highest BCUT2D eigenvalue weighted by Gasteiger charge is 2.13. The van der Waals surface area contributed by atoms with Gasteiger partial charge in [0, 0.05) is 7.05 Å². The van der Waals surface area contributed by atoms with Crippen molar-refractivity contribution in [3.05, 3.63) is 87.4 Å². The van der Waals surface area contributed by atoms with Crippen molar-refractivity contribution >= 4 is 16.5 Å². The van der Waals surface area contributed by atoms with Gasteiger partial charge in [0.15, 0.2) is 0 Å². The Morgan fingerprint density at radius 3 is 2.00 bits per heavy atom. The van der Waals surface area contributed by atoms with Gasteiger partial charge in [-0.25, -0.2) is 9.36 Å². The summed E-state index contributed by atoms with van der Waals surface area (Å²) in [6.45, 7) is 3.97. The SMILES string of the molecule is C=C(c1ccccc1)n1c(=O)c2ccccc2c(=O)n1C. The first kappa shape index (κ1) is 13.1. The zero-order valence-corrected chi connectivity index (χ0v) is 11.6. The molecule has 0 radical (unpaired) electrons. The molecule has 0 unspecified atom stereocenters. The van der Waals surface area contributed by atoms with Gasteiger partial charge in [-0.15, -0.1) is 0 Å². The van der Waals surface area contributed by atoms with E-state index in [9.17, 15) is 9.59 Å². The van der Waals surface area contributed by atoms with Crippen LogP contribution in [0.1, 0.15) is 5.56 Å². The minimum Gasteiger partial charge on any atom is -0.267 e. The molecule has 4 nitrogen and oxygen atoms in total.